The zero-order chi connectivity index (χ0) is 16.7. The summed E-state index contributed by atoms with van der Waals surface area (Å²) in [6, 6.07) is 4.95. The van der Waals surface area contributed by atoms with E-state index in [1.54, 1.807) is 25.3 Å². The summed E-state index contributed by atoms with van der Waals surface area (Å²) < 4.78 is 35.8. The molecule has 2 aliphatic rings. The first-order valence-corrected chi connectivity index (χ1v) is 7.02. The van der Waals surface area contributed by atoms with Crippen LogP contribution in [0.1, 0.15) is 47.6 Å². The maximum atomic E-state index is 11.7. The van der Waals surface area contributed by atoms with Gasteiger partial charge in [0.2, 0.25) is 5.91 Å². The number of hydrogen-bond acceptors (Lipinski definition) is 3. The zero-order valence-electron chi connectivity index (χ0n) is 14.6. The summed E-state index contributed by atoms with van der Waals surface area (Å²) in [6.07, 6.45) is 2.08. The molecule has 1 unspecified atom stereocenters. The van der Waals surface area contributed by atoms with Gasteiger partial charge in [0, 0.05) is 22.9 Å². The molecule has 1 saturated carbocycles. The van der Waals surface area contributed by atoms with Gasteiger partial charge in [0.05, 0.1) is 13.2 Å². The van der Waals surface area contributed by atoms with Crippen molar-refractivity contribution in [1.82, 2.24) is 5.32 Å². The Hall–Kier alpha value is -1.71. The number of methoxy groups -OCH3 is 1. The summed E-state index contributed by atoms with van der Waals surface area (Å²) in [5.74, 6) is -1.35. The molecule has 1 atom stereocenters. The van der Waals surface area contributed by atoms with E-state index < -0.39 is 18.2 Å². The van der Waals surface area contributed by atoms with E-state index in [9.17, 15) is 4.79 Å². The van der Waals surface area contributed by atoms with Gasteiger partial charge < -0.3 is 14.8 Å². The van der Waals surface area contributed by atoms with Gasteiger partial charge in [-0.15, -0.1) is 0 Å². The lowest BCUT2D eigenvalue weighted by Gasteiger charge is -2.18. The van der Waals surface area contributed by atoms with Crippen LogP contribution < -0.4 is 14.8 Å². The Balaban J connectivity index is 1.95. The van der Waals surface area contributed by atoms with E-state index >= 15 is 0 Å². The molecule has 3 rings (SSSR count). The van der Waals surface area contributed by atoms with Crippen molar-refractivity contribution >= 4 is 5.91 Å². The average Bonchev–Trinajstić information content (AvgIpc) is 3.11. The maximum Gasteiger partial charge on any atom is 0.220 e. The Morgan fingerprint density at radius 1 is 1.35 bits per heavy atom. The number of rotatable bonds is 4. The summed E-state index contributed by atoms with van der Waals surface area (Å²) in [4.78, 5) is 11.7. The van der Waals surface area contributed by atoms with Crippen molar-refractivity contribution in [2.45, 2.75) is 44.1 Å². The zero-order valence-corrected chi connectivity index (χ0v) is 11.6. The van der Waals surface area contributed by atoms with Crippen LogP contribution in [0.4, 0.5) is 0 Å². The number of ether oxygens (including phenoxy) is 2. The highest BCUT2D eigenvalue weighted by molar-refractivity contribution is 5.79. The van der Waals surface area contributed by atoms with E-state index in [4.69, 9.17) is 13.6 Å². The third-order valence-corrected chi connectivity index (χ3v) is 3.80. The molecule has 108 valence electrons. The summed E-state index contributed by atoms with van der Waals surface area (Å²) in [6.45, 7) is -0.0615. The minimum atomic E-state index is -2.29. The van der Waals surface area contributed by atoms with E-state index in [0.29, 0.717) is 17.1 Å². The van der Waals surface area contributed by atoms with Crippen LogP contribution in [-0.2, 0) is 4.79 Å². The molecule has 1 aliphatic heterocycles. The second kappa shape index (κ2) is 5.73. The quantitative estimate of drug-likeness (QED) is 0.921. The Kier molecular flexibility index (Phi) is 2.89. The van der Waals surface area contributed by atoms with Crippen molar-refractivity contribution in [2.75, 3.05) is 13.7 Å². The van der Waals surface area contributed by atoms with Crippen LogP contribution in [0.5, 0.6) is 11.5 Å². The molecule has 1 aromatic rings. The second-order valence-corrected chi connectivity index (χ2v) is 5.18. The van der Waals surface area contributed by atoms with Crippen molar-refractivity contribution in [1.29, 1.82) is 0 Å². The van der Waals surface area contributed by atoms with Gasteiger partial charge in [-0.25, -0.2) is 0 Å². The molecule has 1 aliphatic carbocycles. The first kappa shape index (κ1) is 10.1. The standard InChI is InChI=1S/C16H21NO3/c1-19-14-7-6-11(12-9-16(18)17-10-12)8-15(14)20-13-4-2-3-5-13/h6-8,12-13H,2-5,9-10H2,1H3,(H,17,18)/i9D2,12D. The maximum absolute atomic E-state index is 11.7. The third kappa shape index (κ3) is 2.74. The minimum absolute atomic E-state index is 0.0615. The predicted octanol–water partition coefficient (Wildman–Crippen LogP) is 2.62. The molecule has 0 radical (unpaired) electrons. The monoisotopic (exact) mass is 278 g/mol. The fourth-order valence-corrected chi connectivity index (χ4v) is 2.71. The number of amides is 1. The fourth-order valence-electron chi connectivity index (χ4n) is 2.71. The van der Waals surface area contributed by atoms with Crippen molar-refractivity contribution in [3.63, 3.8) is 0 Å². The van der Waals surface area contributed by atoms with Crippen LogP contribution in [0.15, 0.2) is 18.2 Å². The SMILES string of the molecule is [2H]C1([2H])C(=O)NCC1([2H])c1ccc(OC)c(OC2CCCC2)c1. The molecule has 4 heteroatoms. The van der Waals surface area contributed by atoms with Crippen LogP contribution in [0.2, 0.25) is 0 Å². The predicted molar refractivity (Wildman–Crippen MR) is 76.2 cm³/mol. The molecule has 1 aromatic carbocycles. The molecule has 1 amide bonds. The van der Waals surface area contributed by atoms with Crippen LogP contribution in [0, 0.1) is 0 Å². The van der Waals surface area contributed by atoms with Gasteiger partial charge in [0.15, 0.2) is 11.5 Å². The fraction of sp³-hybridized carbons (Fsp3) is 0.562. The van der Waals surface area contributed by atoms with Gasteiger partial charge in [-0.3, -0.25) is 4.79 Å². The summed E-state index contributed by atoms with van der Waals surface area (Å²) >= 11 is 0. The highest BCUT2D eigenvalue weighted by Crippen LogP contribution is 2.35. The number of hydrogen-bond donors (Lipinski definition) is 1. The number of carbonyl (C=O) groups excluding carboxylic acids is 1. The lowest BCUT2D eigenvalue weighted by Crippen LogP contribution is -2.14. The normalized spacial score (nSPS) is 31.2. The largest absolute Gasteiger partial charge is 0.493 e. The molecule has 1 heterocycles. The van der Waals surface area contributed by atoms with E-state index in [0.717, 1.165) is 25.7 Å². The molecule has 20 heavy (non-hydrogen) atoms. The van der Waals surface area contributed by atoms with E-state index in [2.05, 4.69) is 5.32 Å². The van der Waals surface area contributed by atoms with Crippen LogP contribution in [-0.4, -0.2) is 25.7 Å². The molecule has 2 fully saturated rings. The smallest absolute Gasteiger partial charge is 0.220 e. The van der Waals surface area contributed by atoms with E-state index in [-0.39, 0.29) is 12.6 Å². The number of carbonyl (C=O) groups is 1. The first-order valence-electron chi connectivity index (χ1n) is 8.52. The van der Waals surface area contributed by atoms with Gasteiger partial charge in [-0.1, -0.05) is 6.07 Å². The van der Waals surface area contributed by atoms with E-state index in [1.165, 1.54) is 0 Å². The van der Waals surface area contributed by atoms with Gasteiger partial charge in [0.25, 0.3) is 0 Å². The van der Waals surface area contributed by atoms with Crippen molar-refractivity contribution < 1.29 is 18.4 Å². The molecular weight excluding hydrogens is 254 g/mol. The molecule has 0 aromatic heterocycles. The molecule has 1 N–H and O–H groups in total. The van der Waals surface area contributed by atoms with Crippen molar-refractivity contribution in [3.05, 3.63) is 23.8 Å². The lowest BCUT2D eigenvalue weighted by atomic mass is 9.98. The minimum Gasteiger partial charge on any atom is -0.493 e. The Labute approximate surface area is 123 Å². The van der Waals surface area contributed by atoms with Gasteiger partial charge in [-0.05, 0) is 43.4 Å². The van der Waals surface area contributed by atoms with Gasteiger partial charge in [-0.2, -0.15) is 0 Å². The van der Waals surface area contributed by atoms with Crippen LogP contribution >= 0.6 is 0 Å². The van der Waals surface area contributed by atoms with Crippen LogP contribution in [0.25, 0.3) is 0 Å². The van der Waals surface area contributed by atoms with Crippen molar-refractivity contribution in [2.24, 2.45) is 0 Å². The highest BCUT2D eigenvalue weighted by Gasteiger charge is 2.25. The Morgan fingerprint density at radius 3 is 2.80 bits per heavy atom. The van der Waals surface area contributed by atoms with Crippen LogP contribution in [0.3, 0.4) is 0 Å². The van der Waals surface area contributed by atoms with E-state index in [1.807, 2.05) is 0 Å². The average molecular weight is 278 g/mol. The molecule has 0 spiro atoms. The summed E-state index contributed by atoms with van der Waals surface area (Å²) in [7, 11) is 1.55. The Bertz CT molecular complexity index is 617. The van der Waals surface area contributed by atoms with Gasteiger partial charge in [0.1, 0.15) is 0 Å². The third-order valence-electron chi connectivity index (χ3n) is 3.80. The number of nitrogens with one attached hydrogen (secondary N) is 1. The second-order valence-electron chi connectivity index (χ2n) is 5.18. The Morgan fingerprint density at radius 2 is 2.15 bits per heavy atom. The van der Waals surface area contributed by atoms with Gasteiger partial charge >= 0.3 is 0 Å². The topological polar surface area (TPSA) is 47.6 Å². The lowest BCUT2D eigenvalue weighted by molar-refractivity contribution is -0.119. The number of benzene rings is 1. The highest BCUT2D eigenvalue weighted by atomic mass is 16.5. The molecule has 1 saturated heterocycles. The molecular formula is C16H21NO3. The first-order chi connectivity index (χ1) is 10.9. The van der Waals surface area contributed by atoms with Crippen molar-refractivity contribution in [3.8, 4) is 11.5 Å². The summed E-state index contributed by atoms with van der Waals surface area (Å²) in [5, 5.41) is 2.45. The molecule has 0 bridgehead atoms. The molecule has 4 nitrogen and oxygen atoms in total. The summed E-state index contributed by atoms with van der Waals surface area (Å²) in [5.41, 5.74) is 0.412.